The zero-order valence-electron chi connectivity index (χ0n) is 21.0. The normalized spacial score (nSPS) is 32.5. The van der Waals surface area contributed by atoms with E-state index in [1.807, 2.05) is 4.90 Å². The van der Waals surface area contributed by atoms with Crippen LogP contribution in [0.1, 0.15) is 55.1 Å². The van der Waals surface area contributed by atoms with Crippen molar-refractivity contribution in [2.45, 2.75) is 62.9 Å². The quantitative estimate of drug-likeness (QED) is 0.581. The molecule has 12 heteroatoms. The summed E-state index contributed by atoms with van der Waals surface area (Å²) in [6, 6.07) is 1.21. The second kappa shape index (κ2) is 9.03. The summed E-state index contributed by atoms with van der Waals surface area (Å²) in [5, 5.41) is 14.0. The Morgan fingerprint density at radius 3 is 2.55 bits per heavy atom. The number of carbonyl (C=O) groups is 1. The Morgan fingerprint density at radius 1 is 1.16 bits per heavy atom. The zero-order valence-corrected chi connectivity index (χ0v) is 21.0. The minimum absolute atomic E-state index is 0.0123. The van der Waals surface area contributed by atoms with E-state index in [9.17, 15) is 27.5 Å². The van der Waals surface area contributed by atoms with Gasteiger partial charge in [0, 0.05) is 44.1 Å². The lowest BCUT2D eigenvalue weighted by Crippen LogP contribution is -2.61. The molecule has 1 amide bonds. The van der Waals surface area contributed by atoms with Crippen LogP contribution in [0.15, 0.2) is 24.7 Å². The maximum absolute atomic E-state index is 14.5. The third-order valence-corrected chi connectivity index (χ3v) is 8.79. The number of pyridine rings is 1. The van der Waals surface area contributed by atoms with Crippen molar-refractivity contribution in [2.24, 2.45) is 17.8 Å². The molecule has 1 saturated heterocycles. The highest BCUT2D eigenvalue weighted by Gasteiger charge is 2.55. The van der Waals surface area contributed by atoms with Crippen LogP contribution < -0.4 is 15.1 Å². The van der Waals surface area contributed by atoms with Crippen molar-refractivity contribution in [1.29, 1.82) is 0 Å². The molecule has 2 aromatic rings. The van der Waals surface area contributed by atoms with Crippen LogP contribution in [-0.4, -0.2) is 63.3 Å². The van der Waals surface area contributed by atoms with Crippen LogP contribution in [0.3, 0.4) is 0 Å². The number of hydrogen-bond acceptors (Lipinski definition) is 7. The summed E-state index contributed by atoms with van der Waals surface area (Å²) in [5.74, 6) is 0.0460. The first-order valence-corrected chi connectivity index (χ1v) is 13.1. The number of nitrogens with one attached hydrogen (secondary N) is 1. The molecule has 2 aromatic heterocycles. The van der Waals surface area contributed by atoms with Crippen molar-refractivity contribution < 1.29 is 27.5 Å². The van der Waals surface area contributed by atoms with Gasteiger partial charge in [-0.2, -0.15) is 13.2 Å². The first-order valence-electron chi connectivity index (χ1n) is 13.1. The van der Waals surface area contributed by atoms with Gasteiger partial charge in [-0.25, -0.2) is 14.4 Å². The Labute approximate surface area is 217 Å². The third-order valence-electron chi connectivity index (χ3n) is 8.79. The number of aromatic nitrogens is 3. The molecule has 3 atom stereocenters. The number of amides is 1. The SMILES string of the molecule is CC1CN(c2c(F)cncc2C(F)(F)F)CCN1c1nccc(C(=O)NC2C3CC4CC2CC(O)(C4)C3)n1. The summed E-state index contributed by atoms with van der Waals surface area (Å²) in [7, 11) is 0. The molecular weight excluding hydrogens is 504 g/mol. The predicted octanol–water partition coefficient (Wildman–Crippen LogP) is 3.41. The number of halogens is 4. The number of nitrogens with zero attached hydrogens (tertiary/aromatic N) is 5. The van der Waals surface area contributed by atoms with E-state index >= 15 is 0 Å². The van der Waals surface area contributed by atoms with Gasteiger partial charge in [0.2, 0.25) is 5.95 Å². The summed E-state index contributed by atoms with van der Waals surface area (Å²) in [4.78, 5) is 28.6. The van der Waals surface area contributed by atoms with E-state index in [2.05, 4.69) is 20.3 Å². The third kappa shape index (κ3) is 4.46. The lowest BCUT2D eigenvalue weighted by atomic mass is 9.52. The lowest BCUT2D eigenvalue weighted by Gasteiger charge is -2.58. The molecule has 3 unspecified atom stereocenters. The van der Waals surface area contributed by atoms with Crippen LogP contribution in [-0.2, 0) is 6.18 Å². The smallest absolute Gasteiger partial charge is 0.390 e. The molecule has 4 saturated carbocycles. The van der Waals surface area contributed by atoms with Gasteiger partial charge in [-0.1, -0.05) is 0 Å². The molecule has 2 N–H and O–H groups in total. The Bertz CT molecular complexity index is 1230. The van der Waals surface area contributed by atoms with Gasteiger partial charge in [0.1, 0.15) is 11.3 Å². The van der Waals surface area contributed by atoms with Gasteiger partial charge in [0.15, 0.2) is 5.82 Å². The van der Waals surface area contributed by atoms with Gasteiger partial charge in [0.25, 0.3) is 5.91 Å². The molecule has 4 aliphatic carbocycles. The number of hydrogen-bond donors (Lipinski definition) is 2. The average molecular weight is 535 g/mol. The number of rotatable bonds is 4. The van der Waals surface area contributed by atoms with Crippen LogP contribution in [0.2, 0.25) is 0 Å². The van der Waals surface area contributed by atoms with Gasteiger partial charge in [-0.3, -0.25) is 9.78 Å². The van der Waals surface area contributed by atoms with E-state index in [4.69, 9.17) is 0 Å². The molecule has 38 heavy (non-hydrogen) atoms. The fourth-order valence-electron chi connectivity index (χ4n) is 7.47. The Hall–Kier alpha value is -3.02. The Kier molecular flexibility index (Phi) is 6.00. The monoisotopic (exact) mass is 534 g/mol. The molecule has 1 aliphatic heterocycles. The molecule has 3 heterocycles. The van der Waals surface area contributed by atoms with E-state index in [-0.39, 0.29) is 55.2 Å². The molecule has 8 nitrogen and oxygen atoms in total. The molecule has 0 aromatic carbocycles. The van der Waals surface area contributed by atoms with E-state index in [0.29, 0.717) is 18.1 Å². The number of aliphatic hydroxyl groups is 1. The summed E-state index contributed by atoms with van der Waals surface area (Å²) in [6.45, 7) is 2.27. The highest BCUT2D eigenvalue weighted by Crippen LogP contribution is 2.55. The first-order chi connectivity index (χ1) is 18.0. The van der Waals surface area contributed by atoms with Gasteiger partial charge >= 0.3 is 6.18 Å². The van der Waals surface area contributed by atoms with Crippen molar-refractivity contribution in [1.82, 2.24) is 20.3 Å². The largest absolute Gasteiger partial charge is 0.419 e. The predicted molar refractivity (Wildman–Crippen MR) is 130 cm³/mol. The molecular formula is C26H30F4N6O2. The number of carbonyl (C=O) groups excluding carboxylic acids is 1. The van der Waals surface area contributed by atoms with Gasteiger partial charge in [-0.05, 0) is 62.8 Å². The molecule has 0 spiro atoms. The molecule has 7 rings (SSSR count). The van der Waals surface area contributed by atoms with Gasteiger partial charge < -0.3 is 20.2 Å². The lowest BCUT2D eigenvalue weighted by molar-refractivity contribution is -0.137. The summed E-state index contributed by atoms with van der Waals surface area (Å²) in [5.41, 5.74) is -1.98. The highest BCUT2D eigenvalue weighted by molar-refractivity contribution is 5.92. The maximum atomic E-state index is 14.5. The zero-order chi connectivity index (χ0) is 26.8. The standard InChI is InChI=1S/C26H30F4N6O2/c1-14-13-35(22-18(26(28,29)30)11-31-12-19(22)27)4-5-36(14)24-32-3-2-20(33-24)23(37)34-21-16-6-15-7-17(21)10-25(38,8-15)9-16/h2-3,11-12,14-17,21,38H,4-10,13H2,1H3,(H,34,37). The molecule has 0 radical (unpaired) electrons. The Morgan fingerprint density at radius 2 is 1.89 bits per heavy atom. The van der Waals surface area contributed by atoms with Crippen LogP contribution in [0.25, 0.3) is 0 Å². The van der Waals surface area contributed by atoms with Crippen LogP contribution in [0.4, 0.5) is 29.2 Å². The molecule has 204 valence electrons. The van der Waals surface area contributed by atoms with Crippen molar-refractivity contribution in [3.8, 4) is 0 Å². The second-order valence-electron chi connectivity index (χ2n) is 11.4. The minimum Gasteiger partial charge on any atom is -0.390 e. The minimum atomic E-state index is -4.73. The van der Waals surface area contributed by atoms with E-state index in [0.717, 1.165) is 38.3 Å². The van der Waals surface area contributed by atoms with Crippen molar-refractivity contribution in [3.63, 3.8) is 0 Å². The number of anilines is 2. The van der Waals surface area contributed by atoms with E-state index < -0.39 is 28.8 Å². The Balaban J connectivity index is 1.15. The van der Waals surface area contributed by atoms with Crippen LogP contribution in [0.5, 0.6) is 0 Å². The van der Waals surface area contributed by atoms with E-state index in [1.54, 1.807) is 13.0 Å². The van der Waals surface area contributed by atoms with Gasteiger partial charge in [0.05, 0.1) is 17.5 Å². The van der Waals surface area contributed by atoms with Crippen LogP contribution >= 0.6 is 0 Å². The fraction of sp³-hybridized carbons (Fsp3) is 0.615. The van der Waals surface area contributed by atoms with E-state index in [1.165, 1.54) is 11.1 Å². The first kappa shape index (κ1) is 25.3. The average Bonchev–Trinajstić information content (AvgIpc) is 2.84. The fourth-order valence-corrected chi connectivity index (χ4v) is 7.47. The summed E-state index contributed by atoms with van der Waals surface area (Å²) >= 11 is 0. The highest BCUT2D eigenvalue weighted by atomic mass is 19.4. The molecule has 5 aliphatic rings. The topological polar surface area (TPSA) is 94.5 Å². The van der Waals surface area contributed by atoms with Crippen LogP contribution in [0, 0.1) is 23.6 Å². The maximum Gasteiger partial charge on any atom is 0.419 e. The van der Waals surface area contributed by atoms with Crippen molar-refractivity contribution in [2.75, 3.05) is 29.4 Å². The second-order valence-corrected chi connectivity index (χ2v) is 11.4. The van der Waals surface area contributed by atoms with Crippen molar-refractivity contribution >= 4 is 17.5 Å². The molecule has 4 bridgehead atoms. The number of alkyl halides is 3. The summed E-state index contributed by atoms with van der Waals surface area (Å²) in [6.07, 6.45) is 2.55. The molecule has 5 fully saturated rings. The van der Waals surface area contributed by atoms with Gasteiger partial charge in [-0.15, -0.1) is 0 Å². The number of piperazine rings is 1. The summed E-state index contributed by atoms with van der Waals surface area (Å²) < 4.78 is 55.0. The van der Waals surface area contributed by atoms with Crippen molar-refractivity contribution in [3.05, 3.63) is 41.7 Å².